The summed E-state index contributed by atoms with van der Waals surface area (Å²) in [5.41, 5.74) is 12.5. The minimum atomic E-state index is -0.773. The van der Waals surface area contributed by atoms with Crippen LogP contribution in [-0.4, -0.2) is 17.9 Å². The lowest BCUT2D eigenvalue weighted by Gasteiger charge is -2.27. The number of aliphatic imine (C=N–C) groups is 2. The molecule has 0 saturated carbocycles. The molecule has 266 valence electrons. The van der Waals surface area contributed by atoms with Gasteiger partial charge in [-0.3, -0.25) is 4.90 Å². The van der Waals surface area contributed by atoms with E-state index in [9.17, 15) is 0 Å². The molecule has 0 amide bonds. The highest BCUT2D eigenvalue weighted by Gasteiger charge is 2.23. The van der Waals surface area contributed by atoms with Crippen LogP contribution < -0.4 is 4.90 Å². The average Bonchev–Trinajstić information content (AvgIpc) is 3.61. The van der Waals surface area contributed by atoms with E-state index in [1.54, 1.807) is 0 Å². The van der Waals surface area contributed by atoms with Crippen molar-refractivity contribution in [2.24, 2.45) is 9.98 Å². The van der Waals surface area contributed by atoms with Gasteiger partial charge >= 0.3 is 0 Å². The molecule has 1 aromatic heterocycles. The maximum absolute atomic E-state index is 5.37. The van der Waals surface area contributed by atoms with Gasteiger partial charge in [-0.05, 0) is 85.4 Å². The number of hydrogen-bond acceptors (Lipinski definition) is 3. The second-order valence-corrected chi connectivity index (χ2v) is 16.2. The summed E-state index contributed by atoms with van der Waals surface area (Å²) in [4.78, 5) is 12.9. The largest absolute Gasteiger partial charge is 0.309 e. The highest BCUT2D eigenvalue weighted by molar-refractivity contribution is 14.2. The summed E-state index contributed by atoms with van der Waals surface area (Å²) in [6.07, 6.45) is 0. The molecule has 0 aliphatic carbocycles. The Kier molecular flexibility index (Phi) is 8.97. The number of fused-ring (bicyclic) bond motifs is 3. The summed E-state index contributed by atoms with van der Waals surface area (Å²) in [5, 5.41) is 2.43. The molecule has 5 heteroatoms. The number of para-hydroxylation sites is 2. The van der Waals surface area contributed by atoms with E-state index in [2.05, 4.69) is 216 Å². The Morgan fingerprint density at radius 1 is 0.375 bits per heavy atom. The van der Waals surface area contributed by atoms with Crippen molar-refractivity contribution in [2.75, 3.05) is 4.90 Å². The lowest BCUT2D eigenvalue weighted by Crippen LogP contribution is -2.25. The summed E-state index contributed by atoms with van der Waals surface area (Å²) in [6.45, 7) is 0. The Labute approximate surface area is 336 Å². The molecule has 0 unspecified atom stereocenters. The van der Waals surface area contributed by atoms with Gasteiger partial charge in [-0.2, -0.15) is 0 Å². The lowest BCUT2D eigenvalue weighted by molar-refractivity contribution is 1.18. The highest BCUT2D eigenvalue weighted by Crippen LogP contribution is 2.39. The van der Waals surface area contributed by atoms with Gasteiger partial charge in [0.15, 0.2) is 9.68 Å². The first-order chi connectivity index (χ1) is 27.8. The van der Waals surface area contributed by atoms with Crippen LogP contribution in [0.15, 0.2) is 222 Å². The van der Waals surface area contributed by atoms with Crippen molar-refractivity contribution in [3.63, 3.8) is 0 Å². The zero-order valence-electron chi connectivity index (χ0n) is 30.4. The first-order valence-electron chi connectivity index (χ1n) is 18.7. The third-order valence-corrected chi connectivity index (χ3v) is 12.7. The standard InChI is InChI=1S/C51H35IN4/c1-5-16-36(17-6-1)37-28-30-38(31-29-37)41-22-15-25-43(34-41)56-47-27-14-13-26-45(47)46-33-32-44(35-48(46)56)55(42-23-11-4-12-24-42)51-52-49(39-18-7-2-8-19-39)53-50(54-51)40-20-9-3-10-21-40/h1-35H. The predicted octanol–water partition coefficient (Wildman–Crippen LogP) is 13.2. The molecule has 0 fully saturated rings. The zero-order chi connectivity index (χ0) is 37.3. The maximum Gasteiger partial charge on any atom is 0.174 e. The van der Waals surface area contributed by atoms with Gasteiger partial charge in [0, 0.05) is 33.3 Å². The van der Waals surface area contributed by atoms with Crippen LogP contribution in [0.4, 0.5) is 11.4 Å². The van der Waals surface area contributed by atoms with Crippen LogP contribution in [0.1, 0.15) is 11.1 Å². The van der Waals surface area contributed by atoms with Gasteiger partial charge in [0.05, 0.1) is 16.7 Å². The van der Waals surface area contributed by atoms with Crippen molar-refractivity contribution in [3.8, 4) is 27.9 Å². The lowest BCUT2D eigenvalue weighted by atomic mass is 10.00. The molecule has 1 aliphatic rings. The molecule has 10 rings (SSSR count). The number of anilines is 2. The molecule has 1 aliphatic heterocycles. The van der Waals surface area contributed by atoms with E-state index in [0.29, 0.717) is 0 Å². The molecule has 56 heavy (non-hydrogen) atoms. The van der Waals surface area contributed by atoms with Gasteiger partial charge in [-0.25, -0.2) is 9.98 Å². The minimum Gasteiger partial charge on any atom is -0.309 e. The van der Waals surface area contributed by atoms with Crippen LogP contribution in [0.25, 0.3) is 49.7 Å². The molecule has 0 radical (unpaired) electrons. The van der Waals surface area contributed by atoms with E-state index in [1.165, 1.54) is 38.5 Å². The Bertz CT molecular complexity index is 2890. The normalized spacial score (nSPS) is 12.8. The molecule has 0 spiro atoms. The van der Waals surface area contributed by atoms with Crippen molar-refractivity contribution >= 4 is 67.2 Å². The molecule has 0 saturated heterocycles. The highest BCUT2D eigenvalue weighted by atomic mass is 127. The number of benzene rings is 8. The second-order valence-electron chi connectivity index (χ2n) is 13.7. The second kappa shape index (κ2) is 14.9. The van der Waals surface area contributed by atoms with E-state index in [0.717, 1.165) is 47.0 Å². The third-order valence-electron chi connectivity index (χ3n) is 10.2. The molecule has 4 nitrogen and oxygen atoms in total. The van der Waals surface area contributed by atoms with Crippen molar-refractivity contribution in [2.45, 2.75) is 0 Å². The number of rotatable bonds is 7. The van der Waals surface area contributed by atoms with E-state index in [-0.39, 0.29) is 0 Å². The van der Waals surface area contributed by atoms with E-state index < -0.39 is 20.7 Å². The van der Waals surface area contributed by atoms with Gasteiger partial charge in [0.1, 0.15) is 3.63 Å². The fourth-order valence-electron chi connectivity index (χ4n) is 7.46. The quantitative estimate of drug-likeness (QED) is 0.116. The number of aromatic nitrogens is 1. The Hall–Kier alpha value is -6.70. The van der Waals surface area contributed by atoms with Gasteiger partial charge in [-0.1, -0.05) is 170 Å². The van der Waals surface area contributed by atoms with Crippen LogP contribution in [0, 0.1) is 0 Å². The summed E-state index contributed by atoms with van der Waals surface area (Å²) >= 11 is -0.773. The molecular weight excluding hydrogens is 795 g/mol. The monoisotopic (exact) mass is 830 g/mol. The van der Waals surface area contributed by atoms with Crippen molar-refractivity contribution in [3.05, 3.63) is 223 Å². The Balaban J connectivity index is 1.13. The number of halogens is 1. The van der Waals surface area contributed by atoms with Gasteiger partial charge in [-0.15, -0.1) is 0 Å². The molecule has 0 N–H and O–H groups in total. The van der Waals surface area contributed by atoms with Gasteiger partial charge in [0.25, 0.3) is 0 Å². The molecular formula is C51H35IN4. The van der Waals surface area contributed by atoms with Crippen LogP contribution in [0.5, 0.6) is 0 Å². The third kappa shape index (κ3) is 6.46. The van der Waals surface area contributed by atoms with Crippen molar-refractivity contribution in [1.82, 2.24) is 4.57 Å². The van der Waals surface area contributed by atoms with Gasteiger partial charge < -0.3 is 4.57 Å². The van der Waals surface area contributed by atoms with E-state index in [4.69, 9.17) is 9.98 Å². The molecule has 0 atom stereocenters. The molecule has 0 bridgehead atoms. The number of hydrogen-bond donors (Lipinski definition) is 0. The smallest absolute Gasteiger partial charge is 0.174 e. The van der Waals surface area contributed by atoms with Crippen LogP contribution in [0.3, 0.4) is 0 Å². The van der Waals surface area contributed by atoms with Crippen LogP contribution >= 0.6 is 20.7 Å². The van der Waals surface area contributed by atoms with Crippen molar-refractivity contribution in [1.29, 1.82) is 0 Å². The summed E-state index contributed by atoms with van der Waals surface area (Å²) in [7, 11) is 0. The van der Waals surface area contributed by atoms with Gasteiger partial charge in [0.2, 0.25) is 0 Å². The SMILES string of the molecule is c1ccc(C2=NC(c3ccccc3)=IC(N(c3ccccc3)c3ccc4c5ccccc5n(-c5cccc(-c6ccc(-c7ccccc7)cc6)c5)c4c3)=N2)cc1. The minimum absolute atomic E-state index is 0.732. The van der Waals surface area contributed by atoms with Crippen molar-refractivity contribution < 1.29 is 0 Å². The average molecular weight is 831 g/mol. The number of amidine groups is 2. The van der Waals surface area contributed by atoms with E-state index >= 15 is 0 Å². The predicted molar refractivity (Wildman–Crippen MR) is 245 cm³/mol. The zero-order valence-corrected chi connectivity index (χ0v) is 32.5. The molecule has 9 aromatic rings. The topological polar surface area (TPSA) is 32.9 Å². The Morgan fingerprint density at radius 3 is 1.64 bits per heavy atom. The summed E-state index contributed by atoms with van der Waals surface area (Å²) < 4.78 is 4.53. The van der Waals surface area contributed by atoms with E-state index in [1.807, 2.05) is 6.07 Å². The molecule has 2 heterocycles. The Morgan fingerprint density at radius 2 is 0.929 bits per heavy atom. The summed E-state index contributed by atoms with van der Waals surface area (Å²) in [5.74, 6) is 0.732. The summed E-state index contributed by atoms with van der Waals surface area (Å²) in [6, 6.07) is 75.4. The van der Waals surface area contributed by atoms with Crippen LogP contribution in [0.2, 0.25) is 0 Å². The maximum atomic E-state index is 5.37. The van der Waals surface area contributed by atoms with Crippen LogP contribution in [-0.2, 0) is 0 Å². The number of nitrogens with zero attached hydrogens (tertiary/aromatic N) is 4. The first kappa shape index (κ1) is 33.8. The molecule has 8 aromatic carbocycles. The first-order valence-corrected chi connectivity index (χ1v) is 20.9. The fourth-order valence-corrected chi connectivity index (χ4v) is 10.1. The fraction of sp³-hybridized carbons (Fsp3) is 0.